The third-order valence-corrected chi connectivity index (χ3v) is 2.58. The van der Waals surface area contributed by atoms with Gasteiger partial charge in [-0.1, -0.05) is 26.2 Å². The van der Waals surface area contributed by atoms with Crippen LogP contribution in [0.1, 0.15) is 32.6 Å². The Bertz CT molecular complexity index is 91.3. The van der Waals surface area contributed by atoms with Gasteiger partial charge in [0.2, 0.25) is 0 Å². The third-order valence-electron chi connectivity index (χ3n) is 2.58. The first kappa shape index (κ1) is 8.02. The lowest BCUT2D eigenvalue weighted by molar-refractivity contribution is -0.255. The van der Waals surface area contributed by atoms with E-state index in [4.69, 9.17) is 5.26 Å². The van der Waals surface area contributed by atoms with Gasteiger partial charge < -0.3 is 0 Å². The van der Waals surface area contributed by atoms with Crippen LogP contribution in [0.2, 0.25) is 0 Å². The van der Waals surface area contributed by atoms with Gasteiger partial charge in [0, 0.05) is 0 Å². The molecule has 0 amide bonds. The number of rotatable bonds is 2. The Morgan fingerprint density at radius 3 is 2.70 bits per heavy atom. The van der Waals surface area contributed by atoms with Gasteiger partial charge in [-0.2, -0.15) is 0 Å². The molecule has 2 unspecified atom stereocenters. The average molecular weight is 144 g/mol. The first-order valence-corrected chi connectivity index (χ1v) is 4.11. The van der Waals surface area contributed by atoms with E-state index in [1.807, 2.05) is 0 Å². The van der Waals surface area contributed by atoms with Gasteiger partial charge in [0.1, 0.15) is 0 Å². The van der Waals surface area contributed by atoms with Crippen molar-refractivity contribution in [2.75, 3.05) is 6.61 Å². The van der Waals surface area contributed by atoms with Crippen LogP contribution in [0.3, 0.4) is 0 Å². The summed E-state index contributed by atoms with van der Waals surface area (Å²) in [4.78, 5) is 4.15. The van der Waals surface area contributed by atoms with Crippen molar-refractivity contribution in [2.24, 2.45) is 11.8 Å². The summed E-state index contributed by atoms with van der Waals surface area (Å²) < 4.78 is 0. The quantitative estimate of drug-likeness (QED) is 0.476. The van der Waals surface area contributed by atoms with E-state index in [1.54, 1.807) is 0 Å². The smallest absolute Gasteiger partial charge is 0.0850 e. The zero-order valence-electron chi connectivity index (χ0n) is 6.55. The van der Waals surface area contributed by atoms with Crippen molar-refractivity contribution < 1.29 is 10.1 Å². The molecule has 1 saturated carbocycles. The van der Waals surface area contributed by atoms with Gasteiger partial charge in [0.25, 0.3) is 0 Å². The highest BCUT2D eigenvalue weighted by Crippen LogP contribution is 2.29. The second kappa shape index (κ2) is 3.94. The van der Waals surface area contributed by atoms with E-state index in [9.17, 15) is 0 Å². The highest BCUT2D eigenvalue weighted by atomic mass is 17.1. The van der Waals surface area contributed by atoms with Crippen LogP contribution in [0.5, 0.6) is 0 Å². The van der Waals surface area contributed by atoms with Gasteiger partial charge in [0.05, 0.1) is 6.61 Å². The molecule has 1 aliphatic rings. The molecule has 10 heavy (non-hydrogen) atoms. The van der Waals surface area contributed by atoms with Crippen molar-refractivity contribution in [1.82, 2.24) is 0 Å². The lowest BCUT2D eigenvalue weighted by Crippen LogP contribution is -2.20. The summed E-state index contributed by atoms with van der Waals surface area (Å²) in [6, 6.07) is 0. The molecular formula is C8H16O2. The van der Waals surface area contributed by atoms with Gasteiger partial charge in [-0.3, -0.25) is 5.26 Å². The van der Waals surface area contributed by atoms with Gasteiger partial charge >= 0.3 is 0 Å². The molecule has 2 nitrogen and oxygen atoms in total. The minimum atomic E-state index is 0.529. The molecule has 0 aromatic heterocycles. The van der Waals surface area contributed by atoms with E-state index in [0.29, 0.717) is 12.5 Å². The molecule has 0 aliphatic heterocycles. The molecule has 0 heterocycles. The van der Waals surface area contributed by atoms with Crippen molar-refractivity contribution in [2.45, 2.75) is 32.6 Å². The molecule has 0 aromatic carbocycles. The molecule has 2 atom stereocenters. The van der Waals surface area contributed by atoms with Crippen molar-refractivity contribution in [1.29, 1.82) is 0 Å². The maximum atomic E-state index is 8.24. The summed E-state index contributed by atoms with van der Waals surface area (Å²) >= 11 is 0. The monoisotopic (exact) mass is 144 g/mol. The van der Waals surface area contributed by atoms with E-state index in [-0.39, 0.29) is 0 Å². The Morgan fingerprint density at radius 2 is 2.10 bits per heavy atom. The Balaban J connectivity index is 2.25. The first-order valence-electron chi connectivity index (χ1n) is 4.11. The first-order chi connectivity index (χ1) is 4.84. The van der Waals surface area contributed by atoms with Gasteiger partial charge in [-0.25, -0.2) is 4.89 Å². The van der Waals surface area contributed by atoms with E-state index in [0.717, 1.165) is 5.92 Å². The molecule has 1 N–H and O–H groups in total. The molecule has 1 rings (SSSR count). The Labute approximate surface area is 62.1 Å². The highest BCUT2D eigenvalue weighted by Gasteiger charge is 2.20. The van der Waals surface area contributed by atoms with Crippen molar-refractivity contribution in [3.63, 3.8) is 0 Å². The Kier molecular flexibility index (Phi) is 3.16. The third kappa shape index (κ3) is 1.96. The summed E-state index contributed by atoms with van der Waals surface area (Å²) in [5.41, 5.74) is 0. The lowest BCUT2D eigenvalue weighted by atomic mass is 9.81. The number of hydrogen-bond donors (Lipinski definition) is 1. The fourth-order valence-electron chi connectivity index (χ4n) is 1.74. The fraction of sp³-hybridized carbons (Fsp3) is 1.00. The van der Waals surface area contributed by atoms with Crippen LogP contribution >= 0.6 is 0 Å². The normalized spacial score (nSPS) is 34.2. The molecular weight excluding hydrogens is 128 g/mol. The van der Waals surface area contributed by atoms with Crippen LogP contribution in [-0.2, 0) is 4.89 Å². The van der Waals surface area contributed by atoms with Crippen molar-refractivity contribution in [3.8, 4) is 0 Å². The lowest BCUT2D eigenvalue weighted by Gasteiger charge is -2.26. The molecule has 60 valence electrons. The van der Waals surface area contributed by atoms with E-state index in [1.165, 1.54) is 25.7 Å². The van der Waals surface area contributed by atoms with Gasteiger partial charge in [-0.15, -0.1) is 0 Å². The van der Waals surface area contributed by atoms with E-state index in [2.05, 4.69) is 11.8 Å². The summed E-state index contributed by atoms with van der Waals surface area (Å²) in [5, 5.41) is 8.24. The van der Waals surface area contributed by atoms with E-state index >= 15 is 0 Å². The molecule has 2 heteroatoms. The summed E-state index contributed by atoms with van der Waals surface area (Å²) in [5.74, 6) is 1.33. The largest absolute Gasteiger partial charge is 0.252 e. The van der Waals surface area contributed by atoms with Crippen LogP contribution < -0.4 is 0 Å². The van der Waals surface area contributed by atoms with E-state index < -0.39 is 0 Å². The Hall–Kier alpha value is -0.0800. The standard InChI is InChI=1S/C8H16O2/c1-7-4-2-3-5-8(7)6-10-9/h7-9H,2-6H2,1H3. The minimum absolute atomic E-state index is 0.529. The number of hydrogen-bond acceptors (Lipinski definition) is 2. The molecule has 0 spiro atoms. The second-order valence-electron chi connectivity index (χ2n) is 3.32. The minimum Gasteiger partial charge on any atom is -0.252 e. The zero-order valence-corrected chi connectivity index (χ0v) is 6.55. The predicted octanol–water partition coefficient (Wildman–Crippen LogP) is 2.30. The molecule has 0 aromatic rings. The van der Waals surface area contributed by atoms with Crippen molar-refractivity contribution in [3.05, 3.63) is 0 Å². The molecule has 0 bridgehead atoms. The van der Waals surface area contributed by atoms with Crippen LogP contribution in [0.25, 0.3) is 0 Å². The average Bonchev–Trinajstić information content (AvgIpc) is 1.94. The maximum Gasteiger partial charge on any atom is 0.0850 e. The van der Waals surface area contributed by atoms with Crippen molar-refractivity contribution >= 4 is 0 Å². The summed E-state index contributed by atoms with van der Waals surface area (Å²) in [6.07, 6.45) is 5.18. The second-order valence-corrected chi connectivity index (χ2v) is 3.32. The predicted molar refractivity (Wildman–Crippen MR) is 39.7 cm³/mol. The maximum absolute atomic E-state index is 8.24. The topological polar surface area (TPSA) is 29.5 Å². The fourth-order valence-corrected chi connectivity index (χ4v) is 1.74. The molecule has 0 saturated heterocycles. The highest BCUT2D eigenvalue weighted by molar-refractivity contribution is 4.71. The molecule has 1 aliphatic carbocycles. The zero-order chi connectivity index (χ0) is 7.40. The summed E-state index contributed by atoms with van der Waals surface area (Å²) in [7, 11) is 0. The van der Waals surface area contributed by atoms with Crippen LogP contribution in [-0.4, -0.2) is 11.9 Å². The molecule has 0 radical (unpaired) electrons. The van der Waals surface area contributed by atoms with Crippen LogP contribution in [0.15, 0.2) is 0 Å². The van der Waals surface area contributed by atoms with Gasteiger partial charge in [-0.05, 0) is 18.3 Å². The molecule has 1 fully saturated rings. The SMILES string of the molecule is CC1CCCCC1COO. The van der Waals surface area contributed by atoms with Gasteiger partial charge in [0.15, 0.2) is 0 Å². The Morgan fingerprint density at radius 1 is 1.40 bits per heavy atom. The summed E-state index contributed by atoms with van der Waals surface area (Å²) in [6.45, 7) is 2.77. The van der Waals surface area contributed by atoms with Crippen LogP contribution in [0, 0.1) is 11.8 Å². The van der Waals surface area contributed by atoms with Crippen LogP contribution in [0.4, 0.5) is 0 Å².